The lowest BCUT2D eigenvalue weighted by Gasteiger charge is -2.31. The molecule has 9 nitrogen and oxygen atoms in total. The summed E-state index contributed by atoms with van der Waals surface area (Å²) in [5.41, 5.74) is 4.15. The Bertz CT molecular complexity index is 1250. The van der Waals surface area contributed by atoms with Crippen molar-refractivity contribution in [1.29, 1.82) is 0 Å². The van der Waals surface area contributed by atoms with E-state index in [1.54, 1.807) is 13.2 Å². The van der Waals surface area contributed by atoms with Crippen LogP contribution in [0.3, 0.4) is 0 Å². The Morgan fingerprint density at radius 3 is 2.48 bits per heavy atom. The minimum Gasteiger partial charge on any atom is -0.496 e. The van der Waals surface area contributed by atoms with Gasteiger partial charge >= 0.3 is 6.09 Å². The van der Waals surface area contributed by atoms with Crippen LogP contribution in [0.1, 0.15) is 28.8 Å². The molecule has 0 aromatic heterocycles. The van der Waals surface area contributed by atoms with Crippen molar-refractivity contribution in [3.05, 3.63) is 83.9 Å². The van der Waals surface area contributed by atoms with Gasteiger partial charge < -0.3 is 30.1 Å². The van der Waals surface area contributed by atoms with Crippen LogP contribution in [0.5, 0.6) is 5.75 Å². The van der Waals surface area contributed by atoms with Gasteiger partial charge in [0.2, 0.25) is 0 Å². The van der Waals surface area contributed by atoms with E-state index in [4.69, 9.17) is 14.6 Å². The van der Waals surface area contributed by atoms with Crippen molar-refractivity contribution in [2.45, 2.75) is 25.5 Å². The Labute approximate surface area is 235 Å². The summed E-state index contributed by atoms with van der Waals surface area (Å²) in [6.07, 6.45) is 0.880. The van der Waals surface area contributed by atoms with Gasteiger partial charge in [0.25, 0.3) is 5.91 Å². The van der Waals surface area contributed by atoms with Crippen LogP contribution in [-0.4, -0.2) is 74.6 Å². The number of methoxy groups -OCH3 is 1. The average molecular weight is 547 g/mol. The maximum atomic E-state index is 12.8. The maximum absolute atomic E-state index is 12.8. The Hall–Kier alpha value is -3.92. The molecule has 212 valence electrons. The fraction of sp³-hybridized carbons (Fsp3) is 0.355. The van der Waals surface area contributed by atoms with Crippen LogP contribution in [0, 0.1) is 0 Å². The van der Waals surface area contributed by atoms with E-state index in [0.29, 0.717) is 37.5 Å². The van der Waals surface area contributed by atoms with Gasteiger partial charge in [-0.2, -0.15) is 0 Å². The number of carbonyl (C=O) groups is 2. The number of nitrogens with zero attached hydrogens (tertiary/aromatic N) is 1. The molecule has 1 heterocycles. The minimum absolute atomic E-state index is 0.0713. The molecule has 3 aromatic rings. The van der Waals surface area contributed by atoms with Gasteiger partial charge in [-0.1, -0.05) is 54.6 Å². The molecule has 1 fully saturated rings. The van der Waals surface area contributed by atoms with Crippen LogP contribution < -0.4 is 20.7 Å². The molecule has 0 aliphatic carbocycles. The molecule has 4 N–H and O–H groups in total. The molecule has 1 aliphatic heterocycles. The largest absolute Gasteiger partial charge is 0.496 e. The second-order valence-electron chi connectivity index (χ2n) is 9.67. The van der Waals surface area contributed by atoms with Gasteiger partial charge in [0, 0.05) is 44.8 Å². The van der Waals surface area contributed by atoms with Crippen LogP contribution in [0.4, 0.5) is 10.5 Å². The third-order valence-electron chi connectivity index (χ3n) is 6.90. The number of nitrogens with one attached hydrogen (secondary N) is 3. The number of rotatable bonds is 12. The number of aliphatic hydroxyl groups excluding tert-OH is 1. The second-order valence-corrected chi connectivity index (χ2v) is 9.67. The van der Waals surface area contributed by atoms with Gasteiger partial charge in [-0.3, -0.25) is 10.1 Å². The standard InChI is InChI=1S/C31H38N4O5/c1-39-29-21-23(22-32-16-20-36)11-12-27(29)30(37)33-15-19-35-17-13-25(14-18-35)40-31(38)34-28-10-6-5-9-26(28)24-7-3-2-4-8-24/h2-12,21,25,32,36H,13-20,22H2,1H3,(H,33,37)(H,34,38). The number of piperidine rings is 1. The van der Waals surface area contributed by atoms with Gasteiger partial charge in [-0.25, -0.2) is 4.79 Å². The highest BCUT2D eigenvalue weighted by molar-refractivity contribution is 5.97. The van der Waals surface area contributed by atoms with E-state index in [9.17, 15) is 9.59 Å². The number of benzene rings is 3. The minimum atomic E-state index is -0.446. The fourth-order valence-electron chi connectivity index (χ4n) is 4.77. The second kappa shape index (κ2) is 15.0. The van der Waals surface area contributed by atoms with E-state index in [2.05, 4.69) is 20.9 Å². The molecule has 2 amide bonds. The third-order valence-corrected chi connectivity index (χ3v) is 6.90. The fourth-order valence-corrected chi connectivity index (χ4v) is 4.77. The first-order chi connectivity index (χ1) is 19.6. The first kappa shape index (κ1) is 29.1. The summed E-state index contributed by atoms with van der Waals surface area (Å²) >= 11 is 0. The monoisotopic (exact) mass is 546 g/mol. The number of aliphatic hydroxyl groups is 1. The first-order valence-corrected chi connectivity index (χ1v) is 13.7. The predicted octanol–water partition coefficient (Wildman–Crippen LogP) is 3.89. The van der Waals surface area contributed by atoms with Crippen LogP contribution in [-0.2, 0) is 11.3 Å². The van der Waals surface area contributed by atoms with Crippen LogP contribution in [0.2, 0.25) is 0 Å². The Kier molecular flexibility index (Phi) is 10.9. The molecule has 0 unspecified atom stereocenters. The Morgan fingerprint density at radius 2 is 1.73 bits per heavy atom. The summed E-state index contributed by atoms with van der Waals surface area (Å²) in [5, 5.41) is 17.9. The SMILES string of the molecule is COc1cc(CNCCO)ccc1C(=O)NCCN1CCC(OC(=O)Nc2ccccc2-c2ccccc2)CC1. The van der Waals surface area contributed by atoms with Crippen molar-refractivity contribution >= 4 is 17.7 Å². The zero-order chi connectivity index (χ0) is 28.2. The molecule has 0 saturated carbocycles. The highest BCUT2D eigenvalue weighted by atomic mass is 16.6. The lowest BCUT2D eigenvalue weighted by atomic mass is 10.0. The number of anilines is 1. The van der Waals surface area contributed by atoms with Crippen LogP contribution in [0.15, 0.2) is 72.8 Å². The number of amides is 2. The summed E-state index contributed by atoms with van der Waals surface area (Å²) in [6.45, 7) is 3.94. The predicted molar refractivity (Wildman–Crippen MR) is 156 cm³/mol. The van der Waals surface area contributed by atoms with Crippen molar-refractivity contribution in [1.82, 2.24) is 15.5 Å². The molecule has 0 spiro atoms. The summed E-state index contributed by atoms with van der Waals surface area (Å²) in [5.74, 6) is 0.334. The van der Waals surface area contributed by atoms with E-state index >= 15 is 0 Å². The number of hydrogen-bond donors (Lipinski definition) is 4. The van der Waals surface area contributed by atoms with Gasteiger partial charge in [0.1, 0.15) is 11.9 Å². The lowest BCUT2D eigenvalue weighted by molar-refractivity contribution is 0.0587. The van der Waals surface area contributed by atoms with Crippen molar-refractivity contribution in [2.75, 3.05) is 51.8 Å². The molecule has 4 rings (SSSR count). The van der Waals surface area contributed by atoms with E-state index < -0.39 is 6.09 Å². The lowest BCUT2D eigenvalue weighted by Crippen LogP contribution is -2.42. The molecule has 9 heteroatoms. The van der Waals surface area contributed by atoms with E-state index in [-0.39, 0.29) is 18.6 Å². The summed E-state index contributed by atoms with van der Waals surface area (Å²) in [4.78, 5) is 27.7. The van der Waals surface area contributed by atoms with Crippen molar-refractivity contribution in [2.24, 2.45) is 0 Å². The van der Waals surface area contributed by atoms with Crippen molar-refractivity contribution in [3.8, 4) is 16.9 Å². The summed E-state index contributed by atoms with van der Waals surface area (Å²) < 4.78 is 11.1. The topological polar surface area (TPSA) is 112 Å². The summed E-state index contributed by atoms with van der Waals surface area (Å²) in [7, 11) is 1.55. The Morgan fingerprint density at radius 1 is 0.975 bits per heavy atom. The molecule has 0 radical (unpaired) electrons. The molecular formula is C31H38N4O5. The first-order valence-electron chi connectivity index (χ1n) is 13.7. The number of likely N-dealkylation sites (tertiary alicyclic amines) is 1. The number of para-hydroxylation sites is 1. The smallest absolute Gasteiger partial charge is 0.411 e. The van der Waals surface area contributed by atoms with Gasteiger partial charge in [-0.05, 0) is 42.2 Å². The van der Waals surface area contributed by atoms with Crippen LogP contribution >= 0.6 is 0 Å². The zero-order valence-corrected chi connectivity index (χ0v) is 22.9. The molecule has 3 aromatic carbocycles. The van der Waals surface area contributed by atoms with Gasteiger partial charge in [0.05, 0.1) is 25.0 Å². The number of carbonyl (C=O) groups excluding carboxylic acids is 2. The number of ether oxygens (including phenoxy) is 2. The summed E-state index contributed by atoms with van der Waals surface area (Å²) in [6, 6.07) is 23.1. The molecule has 0 atom stereocenters. The molecule has 1 aliphatic rings. The Balaban J connectivity index is 1.19. The maximum Gasteiger partial charge on any atom is 0.411 e. The van der Waals surface area contributed by atoms with Gasteiger partial charge in [-0.15, -0.1) is 0 Å². The quantitative estimate of drug-likeness (QED) is 0.255. The van der Waals surface area contributed by atoms with Crippen LogP contribution in [0.25, 0.3) is 11.1 Å². The van der Waals surface area contributed by atoms with Gasteiger partial charge in [0.15, 0.2) is 0 Å². The molecular weight excluding hydrogens is 508 g/mol. The van der Waals surface area contributed by atoms with Crippen molar-refractivity contribution in [3.63, 3.8) is 0 Å². The average Bonchev–Trinajstić information content (AvgIpc) is 2.98. The normalized spacial score (nSPS) is 13.9. The highest BCUT2D eigenvalue weighted by Gasteiger charge is 2.23. The van der Waals surface area contributed by atoms with E-state index in [1.165, 1.54) is 0 Å². The third kappa shape index (κ3) is 8.29. The van der Waals surface area contributed by atoms with E-state index in [1.807, 2.05) is 66.7 Å². The van der Waals surface area contributed by atoms with E-state index in [0.717, 1.165) is 48.3 Å². The highest BCUT2D eigenvalue weighted by Crippen LogP contribution is 2.28. The number of hydrogen-bond acceptors (Lipinski definition) is 7. The van der Waals surface area contributed by atoms with Crippen molar-refractivity contribution < 1.29 is 24.2 Å². The zero-order valence-electron chi connectivity index (χ0n) is 22.9. The molecule has 0 bridgehead atoms. The molecule has 1 saturated heterocycles. The molecule has 40 heavy (non-hydrogen) atoms.